The van der Waals surface area contributed by atoms with Crippen molar-refractivity contribution in [2.75, 3.05) is 6.54 Å². The predicted molar refractivity (Wildman–Crippen MR) is 67.9 cm³/mol. The Bertz CT molecular complexity index is 384. The van der Waals surface area contributed by atoms with Gasteiger partial charge in [-0.1, -0.05) is 30.5 Å². The smallest absolute Gasteiger partial charge is 0.0408 e. The van der Waals surface area contributed by atoms with E-state index < -0.39 is 0 Å². The average molecular weight is 236 g/mol. The van der Waals surface area contributed by atoms with Crippen molar-refractivity contribution in [2.24, 2.45) is 5.92 Å². The van der Waals surface area contributed by atoms with E-state index in [1.807, 2.05) is 6.07 Å². The van der Waals surface area contributed by atoms with Crippen LogP contribution in [-0.4, -0.2) is 6.54 Å². The third-order valence-corrected chi connectivity index (χ3v) is 4.06. The number of aryl methyl sites for hydroxylation is 1. The second-order valence-electron chi connectivity index (χ2n) is 5.12. The molecular weight excluding hydrogens is 218 g/mol. The van der Waals surface area contributed by atoms with Crippen LogP contribution in [0.1, 0.15) is 42.9 Å². The molecule has 1 aromatic carbocycles. The Morgan fingerprint density at radius 3 is 2.94 bits per heavy atom. The molecule has 0 saturated heterocycles. The van der Waals surface area contributed by atoms with Crippen LogP contribution in [0.15, 0.2) is 18.2 Å². The molecule has 0 radical (unpaired) electrons. The molecule has 0 spiro atoms. The normalized spacial score (nSPS) is 23.4. The van der Waals surface area contributed by atoms with Crippen molar-refractivity contribution in [3.63, 3.8) is 0 Å². The lowest BCUT2D eigenvalue weighted by Crippen LogP contribution is -2.20. The lowest BCUT2D eigenvalue weighted by Gasteiger charge is -2.13. The molecule has 1 nitrogen and oxygen atoms in total. The number of benzene rings is 1. The highest BCUT2D eigenvalue weighted by Crippen LogP contribution is 2.34. The fraction of sp³-hybridized carbons (Fsp3) is 0.571. The van der Waals surface area contributed by atoms with Crippen molar-refractivity contribution in [1.29, 1.82) is 0 Å². The number of fused-ring (bicyclic) bond motifs is 1. The maximum Gasteiger partial charge on any atom is 0.0408 e. The summed E-state index contributed by atoms with van der Waals surface area (Å²) < 4.78 is 0. The van der Waals surface area contributed by atoms with Crippen LogP contribution in [0.4, 0.5) is 0 Å². The summed E-state index contributed by atoms with van der Waals surface area (Å²) in [6.45, 7) is 1.18. The molecule has 2 aliphatic carbocycles. The van der Waals surface area contributed by atoms with Gasteiger partial charge in [0.05, 0.1) is 0 Å². The zero-order chi connectivity index (χ0) is 11.0. The first-order valence-electron chi connectivity index (χ1n) is 6.34. The molecule has 1 atom stereocenters. The first kappa shape index (κ1) is 10.6. The monoisotopic (exact) mass is 235 g/mol. The van der Waals surface area contributed by atoms with Crippen LogP contribution in [0.5, 0.6) is 0 Å². The molecule has 2 heteroatoms. The van der Waals surface area contributed by atoms with E-state index in [4.69, 9.17) is 11.6 Å². The summed E-state index contributed by atoms with van der Waals surface area (Å²) in [7, 11) is 0. The van der Waals surface area contributed by atoms with Crippen molar-refractivity contribution >= 4 is 11.6 Å². The molecule has 1 unspecified atom stereocenters. The summed E-state index contributed by atoms with van der Waals surface area (Å²) >= 11 is 6.00. The van der Waals surface area contributed by atoms with Gasteiger partial charge in [-0.15, -0.1) is 0 Å². The highest BCUT2D eigenvalue weighted by molar-refractivity contribution is 6.30. The van der Waals surface area contributed by atoms with Crippen LogP contribution in [0.2, 0.25) is 5.02 Å². The van der Waals surface area contributed by atoms with E-state index in [1.54, 1.807) is 0 Å². The van der Waals surface area contributed by atoms with Gasteiger partial charge in [0.2, 0.25) is 0 Å². The summed E-state index contributed by atoms with van der Waals surface area (Å²) in [4.78, 5) is 0. The van der Waals surface area contributed by atoms with Crippen LogP contribution in [0.3, 0.4) is 0 Å². The molecule has 1 fully saturated rings. The van der Waals surface area contributed by atoms with E-state index in [9.17, 15) is 0 Å². The van der Waals surface area contributed by atoms with E-state index in [-0.39, 0.29) is 0 Å². The third-order valence-electron chi connectivity index (χ3n) is 3.82. The molecule has 16 heavy (non-hydrogen) atoms. The van der Waals surface area contributed by atoms with Crippen LogP contribution >= 0.6 is 11.6 Å². The molecular formula is C14H18ClN. The quantitative estimate of drug-likeness (QED) is 0.839. The Morgan fingerprint density at radius 2 is 2.12 bits per heavy atom. The summed E-state index contributed by atoms with van der Waals surface area (Å²) in [5, 5.41) is 4.56. The Labute approximate surface area is 102 Å². The van der Waals surface area contributed by atoms with Crippen molar-refractivity contribution in [2.45, 2.75) is 38.1 Å². The molecule has 1 N–H and O–H groups in total. The third kappa shape index (κ3) is 2.26. The summed E-state index contributed by atoms with van der Waals surface area (Å²) in [5.41, 5.74) is 2.91. The zero-order valence-electron chi connectivity index (χ0n) is 9.51. The SMILES string of the molecule is Clc1ccc2c(c1)CCC2NCCC1CC1. The van der Waals surface area contributed by atoms with Gasteiger partial charge in [0, 0.05) is 11.1 Å². The van der Waals surface area contributed by atoms with Gasteiger partial charge in [0.1, 0.15) is 0 Å². The van der Waals surface area contributed by atoms with Crippen molar-refractivity contribution in [3.05, 3.63) is 34.3 Å². The van der Waals surface area contributed by atoms with E-state index >= 15 is 0 Å². The van der Waals surface area contributed by atoms with Gasteiger partial charge in [-0.3, -0.25) is 0 Å². The Kier molecular flexibility index (Phi) is 2.91. The van der Waals surface area contributed by atoms with Gasteiger partial charge in [0.25, 0.3) is 0 Å². The van der Waals surface area contributed by atoms with Crippen molar-refractivity contribution in [3.8, 4) is 0 Å². The lowest BCUT2D eigenvalue weighted by atomic mass is 10.1. The fourth-order valence-corrected chi connectivity index (χ4v) is 2.86. The van der Waals surface area contributed by atoms with Crippen molar-refractivity contribution < 1.29 is 0 Å². The maximum atomic E-state index is 6.00. The van der Waals surface area contributed by atoms with Crippen LogP contribution in [0, 0.1) is 5.92 Å². The minimum atomic E-state index is 0.575. The van der Waals surface area contributed by atoms with Gasteiger partial charge >= 0.3 is 0 Å². The second-order valence-corrected chi connectivity index (χ2v) is 5.56. The molecule has 1 saturated carbocycles. The largest absolute Gasteiger partial charge is 0.310 e. The highest BCUT2D eigenvalue weighted by atomic mass is 35.5. The maximum absolute atomic E-state index is 6.00. The van der Waals surface area contributed by atoms with E-state index in [0.717, 1.165) is 10.9 Å². The second kappa shape index (κ2) is 4.38. The summed E-state index contributed by atoms with van der Waals surface area (Å²) in [6.07, 6.45) is 6.69. The first-order chi connectivity index (χ1) is 7.83. The van der Waals surface area contributed by atoms with Gasteiger partial charge in [-0.25, -0.2) is 0 Å². The minimum Gasteiger partial charge on any atom is -0.310 e. The number of halogens is 1. The molecule has 0 aromatic heterocycles. The van der Waals surface area contributed by atoms with E-state index in [1.165, 1.54) is 49.8 Å². The molecule has 0 heterocycles. The number of hydrogen-bond donors (Lipinski definition) is 1. The lowest BCUT2D eigenvalue weighted by molar-refractivity contribution is 0.507. The van der Waals surface area contributed by atoms with E-state index in [2.05, 4.69) is 17.4 Å². The van der Waals surface area contributed by atoms with Gasteiger partial charge in [0.15, 0.2) is 0 Å². The summed E-state index contributed by atoms with van der Waals surface area (Å²) in [5.74, 6) is 1.03. The van der Waals surface area contributed by atoms with Crippen LogP contribution in [-0.2, 0) is 6.42 Å². The molecule has 1 aromatic rings. The molecule has 86 valence electrons. The van der Waals surface area contributed by atoms with Gasteiger partial charge in [-0.2, -0.15) is 0 Å². The Hall–Kier alpha value is -0.530. The fourth-order valence-electron chi connectivity index (χ4n) is 2.67. The number of rotatable bonds is 4. The highest BCUT2D eigenvalue weighted by Gasteiger charge is 2.24. The summed E-state index contributed by atoms with van der Waals surface area (Å²) in [6, 6.07) is 6.91. The Morgan fingerprint density at radius 1 is 1.25 bits per heavy atom. The van der Waals surface area contributed by atoms with Crippen LogP contribution < -0.4 is 5.32 Å². The van der Waals surface area contributed by atoms with Gasteiger partial charge in [-0.05, 0) is 55.0 Å². The minimum absolute atomic E-state index is 0.575. The molecule has 0 bridgehead atoms. The number of nitrogens with one attached hydrogen (secondary N) is 1. The van der Waals surface area contributed by atoms with Gasteiger partial charge < -0.3 is 5.32 Å². The van der Waals surface area contributed by atoms with Crippen LogP contribution in [0.25, 0.3) is 0 Å². The average Bonchev–Trinajstić information content (AvgIpc) is 3.00. The molecule has 0 amide bonds. The van der Waals surface area contributed by atoms with E-state index in [0.29, 0.717) is 6.04 Å². The predicted octanol–water partition coefficient (Wildman–Crippen LogP) is 3.72. The standard InChI is InChI=1S/C14H18ClN/c15-12-4-5-13-11(9-12)3-6-14(13)16-8-7-10-1-2-10/h4-5,9-10,14,16H,1-3,6-8H2. The number of hydrogen-bond acceptors (Lipinski definition) is 1. The zero-order valence-corrected chi connectivity index (χ0v) is 10.3. The molecule has 0 aliphatic heterocycles. The molecule has 3 rings (SSSR count). The topological polar surface area (TPSA) is 12.0 Å². The first-order valence-corrected chi connectivity index (χ1v) is 6.72. The molecule has 2 aliphatic rings. The Balaban J connectivity index is 1.61. The van der Waals surface area contributed by atoms with Crippen molar-refractivity contribution in [1.82, 2.24) is 5.32 Å².